The fraction of sp³-hybridized carbons (Fsp3) is 0.789. The number of aliphatic hydroxyl groups is 1. The molecule has 4 rings (SSSR count). The molecule has 0 aromatic heterocycles. The molecule has 4 aliphatic carbocycles. The summed E-state index contributed by atoms with van der Waals surface area (Å²) >= 11 is 0. The fourth-order valence-electron chi connectivity index (χ4n) is 6.47. The van der Waals surface area contributed by atoms with Gasteiger partial charge in [0.2, 0.25) is 0 Å². The van der Waals surface area contributed by atoms with Crippen molar-refractivity contribution in [3.63, 3.8) is 0 Å². The molecule has 0 aromatic rings. The van der Waals surface area contributed by atoms with Gasteiger partial charge < -0.3 is 9.90 Å². The molecule has 5 atom stereocenters. The van der Waals surface area contributed by atoms with E-state index in [4.69, 9.17) is 0 Å². The first-order valence-corrected chi connectivity index (χ1v) is 8.98. The average molecular weight is 302 g/mol. The van der Waals surface area contributed by atoms with Crippen molar-refractivity contribution >= 4 is 12.1 Å². The molecule has 3 saturated carbocycles. The molecule has 0 aromatic carbocycles. The van der Waals surface area contributed by atoms with Crippen LogP contribution in [0, 0.1) is 28.6 Å². The second-order valence-electron chi connectivity index (χ2n) is 8.02. The first-order chi connectivity index (χ1) is 10.7. The molecule has 0 saturated heterocycles. The third-order valence-corrected chi connectivity index (χ3v) is 7.56. The van der Waals surface area contributed by atoms with Gasteiger partial charge in [-0.1, -0.05) is 18.1 Å². The lowest BCUT2D eigenvalue weighted by Crippen LogP contribution is -2.53. The van der Waals surface area contributed by atoms with E-state index in [-0.39, 0.29) is 17.8 Å². The van der Waals surface area contributed by atoms with Crippen molar-refractivity contribution in [3.05, 3.63) is 11.6 Å². The zero-order valence-electron chi connectivity index (χ0n) is 13.2. The molecular weight excluding hydrogens is 276 g/mol. The van der Waals surface area contributed by atoms with Crippen LogP contribution in [-0.4, -0.2) is 23.8 Å². The van der Waals surface area contributed by atoms with Crippen LogP contribution >= 0.6 is 0 Å². The van der Waals surface area contributed by atoms with Crippen LogP contribution in [0.1, 0.15) is 57.8 Å². The van der Waals surface area contributed by atoms with E-state index in [1.165, 1.54) is 18.3 Å². The summed E-state index contributed by atoms with van der Waals surface area (Å²) in [6, 6.07) is 0. The van der Waals surface area contributed by atoms with Crippen LogP contribution in [-0.2, 0) is 9.59 Å². The minimum absolute atomic E-state index is 0.00435. The van der Waals surface area contributed by atoms with Crippen molar-refractivity contribution in [1.29, 1.82) is 0 Å². The zero-order valence-corrected chi connectivity index (χ0v) is 13.2. The third kappa shape index (κ3) is 1.66. The molecule has 4 aliphatic rings. The lowest BCUT2D eigenvalue weighted by atomic mass is 9.48. The number of allylic oxidation sites excluding steroid dienone is 2. The highest BCUT2D eigenvalue weighted by Crippen LogP contribution is 2.63. The van der Waals surface area contributed by atoms with E-state index in [9.17, 15) is 14.7 Å². The molecule has 0 radical (unpaired) electrons. The van der Waals surface area contributed by atoms with Crippen molar-refractivity contribution in [3.8, 4) is 0 Å². The second kappa shape index (κ2) is 5.02. The Morgan fingerprint density at radius 3 is 2.82 bits per heavy atom. The van der Waals surface area contributed by atoms with Crippen LogP contribution < -0.4 is 0 Å². The number of carbonyl (C=O) groups is 2. The molecule has 0 aliphatic heterocycles. The van der Waals surface area contributed by atoms with Gasteiger partial charge in [-0.05, 0) is 62.7 Å². The van der Waals surface area contributed by atoms with E-state index in [1.807, 2.05) is 0 Å². The van der Waals surface area contributed by atoms with Crippen LogP contribution in [0.2, 0.25) is 0 Å². The number of carbonyl (C=O) groups excluding carboxylic acids is 2. The molecule has 1 N–H and O–H groups in total. The minimum Gasteiger partial charge on any atom is -0.395 e. The van der Waals surface area contributed by atoms with Crippen LogP contribution in [0.5, 0.6) is 0 Å². The number of Topliss-reactive ketones (excluding diaryl/α,β-unsaturated/α-hetero) is 1. The van der Waals surface area contributed by atoms with Gasteiger partial charge in [0, 0.05) is 11.8 Å². The number of aliphatic hydroxyl groups excluding tert-OH is 1. The van der Waals surface area contributed by atoms with Gasteiger partial charge in [0.25, 0.3) is 0 Å². The zero-order chi connectivity index (χ0) is 15.4. The number of hydrogen-bond donors (Lipinski definition) is 1. The van der Waals surface area contributed by atoms with Crippen LogP contribution in [0.4, 0.5) is 0 Å². The number of ketones is 1. The molecule has 3 fully saturated rings. The summed E-state index contributed by atoms with van der Waals surface area (Å²) in [5.74, 6) is 1.39. The lowest BCUT2D eigenvalue weighted by molar-refractivity contribution is -0.139. The van der Waals surface area contributed by atoms with E-state index in [0.29, 0.717) is 24.2 Å². The highest BCUT2D eigenvalue weighted by Gasteiger charge is 2.61. The first-order valence-electron chi connectivity index (χ1n) is 8.98. The van der Waals surface area contributed by atoms with E-state index in [2.05, 4.69) is 6.08 Å². The van der Waals surface area contributed by atoms with Gasteiger partial charge in [-0.25, -0.2) is 0 Å². The summed E-state index contributed by atoms with van der Waals surface area (Å²) in [4.78, 5) is 24.5. The van der Waals surface area contributed by atoms with Crippen LogP contribution in [0.15, 0.2) is 11.6 Å². The number of fused-ring (bicyclic) bond motifs is 5. The lowest BCUT2D eigenvalue weighted by Gasteiger charge is -2.55. The Bertz CT molecular complexity index is 537. The molecule has 3 nitrogen and oxygen atoms in total. The normalized spacial score (nSPS) is 47.2. The predicted molar refractivity (Wildman–Crippen MR) is 83.1 cm³/mol. The summed E-state index contributed by atoms with van der Waals surface area (Å²) in [5, 5.41) is 9.96. The Kier molecular flexibility index (Phi) is 3.34. The quantitative estimate of drug-likeness (QED) is 0.630. The van der Waals surface area contributed by atoms with Crippen LogP contribution in [0.3, 0.4) is 0 Å². The molecule has 120 valence electrons. The molecule has 0 unspecified atom stereocenters. The Balaban J connectivity index is 1.74. The van der Waals surface area contributed by atoms with Gasteiger partial charge in [-0.2, -0.15) is 0 Å². The standard InChI is InChI=1S/C19H26O3/c20-11-18-9-2-1-3-13(18)4-5-14-15-6-7-17(22)19(15,12-21)10-8-16(14)18/h4,11,14-16,21H,1-3,5-10,12H2/t14-,15-,16-,18+,19+/m0/s1. The Morgan fingerprint density at radius 2 is 2.05 bits per heavy atom. The molecule has 0 amide bonds. The summed E-state index contributed by atoms with van der Waals surface area (Å²) in [6.45, 7) is 0.00435. The van der Waals surface area contributed by atoms with Crippen LogP contribution in [0.25, 0.3) is 0 Å². The molecule has 0 heterocycles. The van der Waals surface area contributed by atoms with Crippen molar-refractivity contribution < 1.29 is 14.7 Å². The van der Waals surface area contributed by atoms with Gasteiger partial charge in [0.15, 0.2) is 0 Å². The third-order valence-electron chi connectivity index (χ3n) is 7.56. The average Bonchev–Trinajstić information content (AvgIpc) is 2.92. The van der Waals surface area contributed by atoms with E-state index >= 15 is 0 Å². The maximum atomic E-state index is 12.4. The van der Waals surface area contributed by atoms with Crippen molar-refractivity contribution in [2.24, 2.45) is 28.6 Å². The van der Waals surface area contributed by atoms with Crippen molar-refractivity contribution in [2.75, 3.05) is 6.61 Å². The summed E-state index contributed by atoms with van der Waals surface area (Å²) in [5.41, 5.74) is 0.662. The summed E-state index contributed by atoms with van der Waals surface area (Å²) in [6.07, 6.45) is 12.3. The number of hydrogen-bond acceptors (Lipinski definition) is 3. The second-order valence-corrected chi connectivity index (χ2v) is 8.02. The molecule has 0 bridgehead atoms. The summed E-state index contributed by atoms with van der Waals surface area (Å²) in [7, 11) is 0. The van der Waals surface area contributed by atoms with Crippen molar-refractivity contribution in [1.82, 2.24) is 0 Å². The van der Waals surface area contributed by atoms with E-state index in [0.717, 1.165) is 44.9 Å². The van der Waals surface area contributed by atoms with Gasteiger partial charge in [-0.15, -0.1) is 0 Å². The predicted octanol–water partition coefficient (Wildman–Crippen LogP) is 3.06. The van der Waals surface area contributed by atoms with Gasteiger partial charge in [0.1, 0.15) is 12.1 Å². The van der Waals surface area contributed by atoms with Crippen molar-refractivity contribution in [2.45, 2.75) is 57.8 Å². The van der Waals surface area contributed by atoms with E-state index < -0.39 is 5.41 Å². The highest BCUT2D eigenvalue weighted by atomic mass is 16.3. The Labute approximate surface area is 132 Å². The topological polar surface area (TPSA) is 54.4 Å². The SMILES string of the molecule is O=C[C@]12CCCCC1=CC[C@H]1[C@@H]3CCC(=O)[C@@]3(CO)CC[C@@H]12. The van der Waals surface area contributed by atoms with Gasteiger partial charge in [0.05, 0.1) is 12.0 Å². The van der Waals surface area contributed by atoms with E-state index in [1.54, 1.807) is 0 Å². The smallest absolute Gasteiger partial charge is 0.141 e. The molecule has 0 spiro atoms. The molecule has 22 heavy (non-hydrogen) atoms. The molecular formula is C19H26O3. The minimum atomic E-state index is -0.481. The monoisotopic (exact) mass is 302 g/mol. The largest absolute Gasteiger partial charge is 0.395 e. The fourth-order valence-corrected chi connectivity index (χ4v) is 6.47. The Morgan fingerprint density at radius 1 is 1.18 bits per heavy atom. The van der Waals surface area contributed by atoms with Gasteiger partial charge in [-0.3, -0.25) is 4.79 Å². The maximum absolute atomic E-state index is 12.4. The highest BCUT2D eigenvalue weighted by molar-refractivity contribution is 5.87. The molecule has 3 heteroatoms. The summed E-state index contributed by atoms with van der Waals surface area (Å²) < 4.78 is 0. The number of aldehydes is 1. The van der Waals surface area contributed by atoms with Gasteiger partial charge >= 0.3 is 0 Å². The Hall–Kier alpha value is -0.960. The first kappa shape index (κ1) is 14.6. The number of rotatable bonds is 2. The maximum Gasteiger partial charge on any atom is 0.141 e.